The number of rotatable bonds is 4. The molecule has 134 valence electrons. The number of aliphatic carboxylic acids is 2. The standard InChI is InChI=1S/C12H11NS.C4H4O4.C3H8/c13-11-8-4-5-9-12(11)14-10-6-2-1-3-7-10;5-3(6)1-2-4(7)8;1-3-2/h1-9H,13H2;1-2H,(H,5,6)(H,7,8);3H2,1-2H3/p-2/b;2-1-;. The first kappa shape index (κ1) is 22.3. The number of hydrogen-bond donors (Lipinski definition) is 1. The van der Waals surface area contributed by atoms with Crippen LogP contribution in [-0.4, -0.2) is 11.9 Å². The van der Waals surface area contributed by atoms with Gasteiger partial charge in [0.05, 0.1) is 11.9 Å². The summed E-state index contributed by atoms with van der Waals surface area (Å²) in [6, 6.07) is 18.1. The van der Waals surface area contributed by atoms with Crippen molar-refractivity contribution >= 4 is 29.4 Å². The van der Waals surface area contributed by atoms with E-state index in [1.54, 1.807) is 11.8 Å². The Balaban J connectivity index is 0.000000448. The van der Waals surface area contributed by atoms with Crippen LogP contribution in [0.15, 0.2) is 76.5 Å². The number of anilines is 1. The summed E-state index contributed by atoms with van der Waals surface area (Å²) in [5.74, 6) is -3.09. The molecule has 0 aliphatic carbocycles. The van der Waals surface area contributed by atoms with Crippen LogP contribution in [0.3, 0.4) is 0 Å². The molecular weight excluding hydrogens is 338 g/mol. The van der Waals surface area contributed by atoms with Crippen molar-refractivity contribution in [2.45, 2.75) is 30.1 Å². The Bertz CT molecular complexity index is 656. The number of nitrogens with two attached hydrogens (primary N) is 1. The fraction of sp³-hybridized carbons (Fsp3) is 0.158. The summed E-state index contributed by atoms with van der Waals surface area (Å²) >= 11 is 1.69. The Morgan fingerprint density at radius 2 is 1.36 bits per heavy atom. The molecule has 0 atom stereocenters. The van der Waals surface area contributed by atoms with Gasteiger partial charge in [0.1, 0.15) is 0 Å². The minimum atomic E-state index is -1.55. The van der Waals surface area contributed by atoms with E-state index >= 15 is 0 Å². The monoisotopic (exact) mass is 359 g/mol. The van der Waals surface area contributed by atoms with E-state index in [4.69, 9.17) is 5.73 Å². The Morgan fingerprint density at radius 1 is 0.920 bits per heavy atom. The predicted octanol–water partition coefficient (Wildman–Crippen LogP) is 1.88. The van der Waals surface area contributed by atoms with Gasteiger partial charge in [0.15, 0.2) is 0 Å². The van der Waals surface area contributed by atoms with Crippen molar-refractivity contribution in [2.75, 3.05) is 5.73 Å². The van der Waals surface area contributed by atoms with Crippen molar-refractivity contribution in [2.24, 2.45) is 0 Å². The second-order valence-corrected chi connectivity index (χ2v) is 5.75. The highest BCUT2D eigenvalue weighted by molar-refractivity contribution is 7.99. The SMILES string of the molecule is CCC.Nc1ccccc1Sc1ccccc1.O=C([O-])/C=C\C(=O)[O-]. The molecule has 2 aromatic carbocycles. The van der Waals surface area contributed by atoms with Gasteiger partial charge in [-0.1, -0.05) is 62.4 Å². The van der Waals surface area contributed by atoms with Crippen LogP contribution in [0.5, 0.6) is 0 Å². The van der Waals surface area contributed by atoms with Crippen molar-refractivity contribution in [1.29, 1.82) is 0 Å². The largest absolute Gasteiger partial charge is 0.545 e. The third-order valence-corrected chi connectivity index (χ3v) is 3.35. The second kappa shape index (κ2) is 13.7. The first-order valence-electron chi connectivity index (χ1n) is 7.58. The normalized spacial score (nSPS) is 9.36. The number of nitrogen functional groups attached to an aromatic ring is 1. The highest BCUT2D eigenvalue weighted by atomic mass is 32.2. The topological polar surface area (TPSA) is 106 Å². The van der Waals surface area contributed by atoms with Gasteiger partial charge in [-0.15, -0.1) is 0 Å². The van der Waals surface area contributed by atoms with Gasteiger partial charge in [0, 0.05) is 15.5 Å². The summed E-state index contributed by atoms with van der Waals surface area (Å²) in [5, 5.41) is 18.8. The molecule has 0 heterocycles. The molecule has 2 rings (SSSR count). The van der Waals surface area contributed by atoms with E-state index in [9.17, 15) is 19.8 Å². The van der Waals surface area contributed by atoms with Gasteiger partial charge in [0.25, 0.3) is 0 Å². The minimum Gasteiger partial charge on any atom is -0.545 e. The highest BCUT2D eigenvalue weighted by Gasteiger charge is 1.99. The summed E-state index contributed by atoms with van der Waals surface area (Å²) < 4.78 is 0. The number of para-hydroxylation sites is 1. The van der Waals surface area contributed by atoms with Gasteiger partial charge >= 0.3 is 0 Å². The van der Waals surface area contributed by atoms with E-state index in [0.717, 1.165) is 10.6 Å². The van der Waals surface area contributed by atoms with E-state index in [1.807, 2.05) is 42.5 Å². The van der Waals surface area contributed by atoms with Crippen molar-refractivity contribution in [3.8, 4) is 0 Å². The summed E-state index contributed by atoms with van der Waals surface area (Å²) in [6.07, 6.45) is 2.02. The van der Waals surface area contributed by atoms with Gasteiger partial charge in [-0.25, -0.2) is 0 Å². The molecule has 0 spiro atoms. The molecule has 0 unspecified atom stereocenters. The summed E-state index contributed by atoms with van der Waals surface area (Å²) in [7, 11) is 0. The number of carbonyl (C=O) groups is 2. The first-order chi connectivity index (χ1) is 11.9. The van der Waals surface area contributed by atoms with Crippen molar-refractivity contribution in [1.82, 2.24) is 0 Å². The fourth-order valence-corrected chi connectivity index (χ4v) is 2.20. The smallest absolute Gasteiger partial charge is 0.0643 e. The van der Waals surface area contributed by atoms with Crippen LogP contribution in [0.4, 0.5) is 5.69 Å². The van der Waals surface area contributed by atoms with Crippen molar-refractivity contribution < 1.29 is 19.8 Å². The van der Waals surface area contributed by atoms with Gasteiger partial charge in [-0.2, -0.15) is 0 Å². The van der Waals surface area contributed by atoms with E-state index in [1.165, 1.54) is 11.3 Å². The van der Waals surface area contributed by atoms with Gasteiger partial charge < -0.3 is 25.5 Å². The van der Waals surface area contributed by atoms with E-state index in [0.29, 0.717) is 12.2 Å². The Kier molecular flexibility index (Phi) is 12.2. The molecule has 0 fully saturated rings. The summed E-state index contributed by atoms with van der Waals surface area (Å²) in [5.41, 5.74) is 6.68. The Morgan fingerprint density at radius 3 is 1.80 bits per heavy atom. The molecule has 0 aliphatic heterocycles. The molecule has 0 bridgehead atoms. The van der Waals surface area contributed by atoms with Gasteiger partial charge in [-0.3, -0.25) is 0 Å². The maximum Gasteiger partial charge on any atom is 0.0643 e. The van der Waals surface area contributed by atoms with Crippen molar-refractivity contribution in [3.05, 3.63) is 66.7 Å². The van der Waals surface area contributed by atoms with Crippen LogP contribution in [0, 0.1) is 0 Å². The lowest BCUT2D eigenvalue weighted by atomic mass is 10.3. The number of benzene rings is 2. The zero-order valence-corrected chi connectivity index (χ0v) is 15.0. The lowest BCUT2D eigenvalue weighted by molar-refractivity contribution is -0.301. The lowest BCUT2D eigenvalue weighted by Crippen LogP contribution is -2.23. The number of carbonyl (C=O) groups excluding carboxylic acids is 2. The molecular formula is C19H21NO4S-2. The molecule has 2 aromatic rings. The zero-order valence-electron chi connectivity index (χ0n) is 14.2. The molecule has 0 amide bonds. The Hall–Kier alpha value is -2.73. The maximum atomic E-state index is 9.41. The number of carboxylic acid groups (broad SMARTS) is 2. The summed E-state index contributed by atoms with van der Waals surface area (Å²) in [6.45, 7) is 4.25. The molecule has 25 heavy (non-hydrogen) atoms. The van der Waals surface area contributed by atoms with Crippen LogP contribution in [0.2, 0.25) is 0 Å². The molecule has 0 radical (unpaired) electrons. The first-order valence-corrected chi connectivity index (χ1v) is 8.39. The maximum absolute atomic E-state index is 9.41. The second-order valence-electron chi connectivity index (χ2n) is 4.63. The van der Waals surface area contributed by atoms with Crippen LogP contribution < -0.4 is 15.9 Å². The molecule has 0 saturated carbocycles. The molecule has 2 N–H and O–H groups in total. The van der Waals surface area contributed by atoms with Crippen LogP contribution >= 0.6 is 11.8 Å². The van der Waals surface area contributed by atoms with Crippen LogP contribution in [0.25, 0.3) is 0 Å². The average molecular weight is 359 g/mol. The average Bonchev–Trinajstić information content (AvgIpc) is 2.57. The molecule has 0 saturated heterocycles. The number of carboxylic acids is 2. The van der Waals surface area contributed by atoms with Gasteiger partial charge in [-0.05, 0) is 36.4 Å². The third kappa shape index (κ3) is 12.4. The lowest BCUT2D eigenvalue weighted by Gasteiger charge is -2.03. The van der Waals surface area contributed by atoms with E-state index in [-0.39, 0.29) is 0 Å². The molecule has 0 aromatic heterocycles. The molecule has 0 aliphatic rings. The highest BCUT2D eigenvalue weighted by Crippen LogP contribution is 2.31. The van der Waals surface area contributed by atoms with Crippen LogP contribution in [-0.2, 0) is 9.59 Å². The van der Waals surface area contributed by atoms with Gasteiger partial charge in [0.2, 0.25) is 0 Å². The fourth-order valence-electron chi connectivity index (χ4n) is 1.33. The zero-order chi connectivity index (χ0) is 19.1. The molecule has 6 heteroatoms. The Labute approximate surface area is 152 Å². The van der Waals surface area contributed by atoms with E-state index in [2.05, 4.69) is 26.0 Å². The predicted molar refractivity (Wildman–Crippen MR) is 96.5 cm³/mol. The minimum absolute atomic E-state index is 0.384. The van der Waals surface area contributed by atoms with Crippen molar-refractivity contribution in [3.63, 3.8) is 0 Å². The summed E-state index contributed by atoms with van der Waals surface area (Å²) in [4.78, 5) is 21.2. The van der Waals surface area contributed by atoms with E-state index < -0.39 is 11.9 Å². The van der Waals surface area contributed by atoms with Crippen LogP contribution in [0.1, 0.15) is 20.3 Å². The number of hydrogen-bond acceptors (Lipinski definition) is 6. The third-order valence-electron chi connectivity index (χ3n) is 2.25. The quantitative estimate of drug-likeness (QED) is 0.660. The molecule has 5 nitrogen and oxygen atoms in total.